The first-order valence-electron chi connectivity index (χ1n) is 9.19. The third kappa shape index (κ3) is 7.69. The molecule has 0 aliphatic carbocycles. The number of nitrogens with one attached hydrogen (secondary N) is 2. The van der Waals surface area contributed by atoms with E-state index in [1.165, 1.54) is 0 Å². The summed E-state index contributed by atoms with van der Waals surface area (Å²) in [6.07, 6.45) is 2.17. The summed E-state index contributed by atoms with van der Waals surface area (Å²) in [4.78, 5) is 6.72. The molecule has 0 atom stereocenters. The highest BCUT2D eigenvalue weighted by atomic mass is 127. The zero-order chi connectivity index (χ0) is 18.3. The molecule has 0 aromatic carbocycles. The summed E-state index contributed by atoms with van der Waals surface area (Å²) in [6, 6.07) is 0.994. The van der Waals surface area contributed by atoms with Gasteiger partial charge in [0.15, 0.2) is 5.96 Å². The van der Waals surface area contributed by atoms with Crippen LogP contribution in [0.1, 0.15) is 26.7 Å². The molecular formula is C16H34IN5O2S2. The van der Waals surface area contributed by atoms with E-state index in [4.69, 9.17) is 0 Å². The Morgan fingerprint density at radius 2 is 1.81 bits per heavy atom. The fraction of sp³-hybridized carbons (Fsp3) is 0.938. The van der Waals surface area contributed by atoms with Gasteiger partial charge >= 0.3 is 0 Å². The van der Waals surface area contributed by atoms with Gasteiger partial charge in [0.05, 0.1) is 5.75 Å². The van der Waals surface area contributed by atoms with Crippen LogP contribution in [0.3, 0.4) is 0 Å². The van der Waals surface area contributed by atoms with E-state index in [1.54, 1.807) is 11.4 Å². The SMILES string of the molecule is CN=C(NCCS(=O)(=O)N1CCSCC1)NC1CCN(C(C)C)CC1.I. The monoisotopic (exact) mass is 519 g/mol. The van der Waals surface area contributed by atoms with Crippen molar-refractivity contribution >= 4 is 51.7 Å². The Labute approximate surface area is 180 Å². The van der Waals surface area contributed by atoms with Crippen LogP contribution >= 0.6 is 35.7 Å². The highest BCUT2D eigenvalue weighted by molar-refractivity contribution is 14.0. The minimum Gasteiger partial charge on any atom is -0.355 e. The number of hydrogen-bond donors (Lipinski definition) is 2. The maximum atomic E-state index is 12.4. The molecule has 7 nitrogen and oxygen atoms in total. The van der Waals surface area contributed by atoms with E-state index in [9.17, 15) is 8.42 Å². The second-order valence-electron chi connectivity index (χ2n) is 6.87. The number of thioether (sulfide) groups is 1. The van der Waals surface area contributed by atoms with Crippen LogP contribution in [0.15, 0.2) is 4.99 Å². The molecule has 26 heavy (non-hydrogen) atoms. The lowest BCUT2D eigenvalue weighted by molar-refractivity contribution is 0.167. The van der Waals surface area contributed by atoms with Gasteiger partial charge in [-0.1, -0.05) is 0 Å². The molecule has 0 unspecified atom stereocenters. The van der Waals surface area contributed by atoms with Crippen molar-refractivity contribution in [3.63, 3.8) is 0 Å². The van der Waals surface area contributed by atoms with Crippen molar-refractivity contribution in [3.8, 4) is 0 Å². The van der Waals surface area contributed by atoms with Crippen molar-refractivity contribution in [3.05, 3.63) is 0 Å². The number of aliphatic imine (C=N–C) groups is 1. The molecule has 0 spiro atoms. The molecule has 154 valence electrons. The molecular weight excluding hydrogens is 485 g/mol. The number of guanidine groups is 1. The number of rotatable bonds is 6. The van der Waals surface area contributed by atoms with E-state index in [-0.39, 0.29) is 29.7 Å². The summed E-state index contributed by atoms with van der Waals surface area (Å²) in [5, 5.41) is 6.59. The lowest BCUT2D eigenvalue weighted by Crippen LogP contribution is -2.50. The molecule has 10 heteroatoms. The molecule has 0 bridgehead atoms. The van der Waals surface area contributed by atoms with Crippen molar-refractivity contribution < 1.29 is 8.42 Å². The molecule has 0 aromatic rings. The highest BCUT2D eigenvalue weighted by Gasteiger charge is 2.24. The molecule has 0 aromatic heterocycles. The molecule has 2 saturated heterocycles. The van der Waals surface area contributed by atoms with Gasteiger partial charge in [-0.05, 0) is 26.7 Å². The topological polar surface area (TPSA) is 77.0 Å². The number of likely N-dealkylation sites (tertiary alicyclic amines) is 1. The number of hydrogen-bond acceptors (Lipinski definition) is 5. The van der Waals surface area contributed by atoms with Crippen LogP contribution in [0.4, 0.5) is 0 Å². The van der Waals surface area contributed by atoms with Crippen LogP contribution in [0.25, 0.3) is 0 Å². The number of nitrogens with zero attached hydrogens (tertiary/aromatic N) is 3. The van der Waals surface area contributed by atoms with Gasteiger partial charge < -0.3 is 15.5 Å². The molecule has 2 rings (SSSR count). The van der Waals surface area contributed by atoms with Gasteiger partial charge in [-0.2, -0.15) is 11.8 Å². The molecule has 0 radical (unpaired) electrons. The molecule has 2 heterocycles. The number of sulfonamides is 1. The Morgan fingerprint density at radius 1 is 1.19 bits per heavy atom. The van der Waals surface area contributed by atoms with Gasteiger partial charge in [0, 0.05) is 63.4 Å². The van der Waals surface area contributed by atoms with Crippen LogP contribution in [0.2, 0.25) is 0 Å². The van der Waals surface area contributed by atoms with Gasteiger partial charge in [0.2, 0.25) is 10.0 Å². The fourth-order valence-electron chi connectivity index (χ4n) is 3.20. The maximum Gasteiger partial charge on any atom is 0.215 e. The normalized spacial score (nSPS) is 21.5. The summed E-state index contributed by atoms with van der Waals surface area (Å²) >= 11 is 1.81. The lowest BCUT2D eigenvalue weighted by atomic mass is 10.0. The Hall–Kier alpha value is 0.220. The number of halogens is 1. The lowest BCUT2D eigenvalue weighted by Gasteiger charge is -2.35. The minimum absolute atomic E-state index is 0. The van der Waals surface area contributed by atoms with Gasteiger partial charge in [-0.15, -0.1) is 24.0 Å². The van der Waals surface area contributed by atoms with Crippen molar-refractivity contribution in [2.45, 2.75) is 38.8 Å². The second kappa shape index (κ2) is 11.9. The van der Waals surface area contributed by atoms with Crippen LogP contribution in [0.5, 0.6) is 0 Å². The van der Waals surface area contributed by atoms with Crippen LogP contribution in [-0.2, 0) is 10.0 Å². The van der Waals surface area contributed by atoms with Gasteiger partial charge in [0.25, 0.3) is 0 Å². The van der Waals surface area contributed by atoms with E-state index in [2.05, 4.69) is 34.4 Å². The van der Waals surface area contributed by atoms with Crippen molar-refractivity contribution in [2.75, 3.05) is 57.0 Å². The maximum absolute atomic E-state index is 12.4. The molecule has 2 N–H and O–H groups in total. The average Bonchev–Trinajstić information content (AvgIpc) is 2.62. The third-order valence-corrected chi connectivity index (χ3v) is 7.65. The molecule has 0 saturated carbocycles. The summed E-state index contributed by atoms with van der Waals surface area (Å²) in [7, 11) is -1.44. The summed E-state index contributed by atoms with van der Waals surface area (Å²) in [6.45, 7) is 8.30. The zero-order valence-corrected chi connectivity index (χ0v) is 20.1. The molecule has 2 aliphatic rings. The van der Waals surface area contributed by atoms with Crippen molar-refractivity contribution in [1.82, 2.24) is 19.8 Å². The predicted octanol–water partition coefficient (Wildman–Crippen LogP) is 1.02. The standard InChI is InChI=1S/C16H33N5O2S2.HI/c1-14(2)20-7-4-15(5-8-20)19-16(17-3)18-6-13-25(22,23)21-9-11-24-12-10-21;/h14-15H,4-13H2,1-3H3,(H2,17,18,19);1H. The van der Waals surface area contributed by atoms with Gasteiger partial charge in [0.1, 0.15) is 0 Å². The van der Waals surface area contributed by atoms with E-state index in [0.29, 0.717) is 37.7 Å². The van der Waals surface area contributed by atoms with Gasteiger partial charge in [-0.25, -0.2) is 12.7 Å². The first kappa shape index (κ1) is 24.3. The van der Waals surface area contributed by atoms with Crippen LogP contribution in [-0.4, -0.2) is 92.7 Å². The first-order valence-corrected chi connectivity index (χ1v) is 12.0. The first-order chi connectivity index (χ1) is 11.9. The van der Waals surface area contributed by atoms with Gasteiger partial charge in [-0.3, -0.25) is 4.99 Å². The van der Waals surface area contributed by atoms with E-state index in [0.717, 1.165) is 37.4 Å². The van der Waals surface area contributed by atoms with Crippen molar-refractivity contribution in [2.24, 2.45) is 4.99 Å². The van der Waals surface area contributed by atoms with E-state index >= 15 is 0 Å². The molecule has 2 aliphatic heterocycles. The predicted molar refractivity (Wildman–Crippen MR) is 122 cm³/mol. The minimum atomic E-state index is -3.17. The Bertz CT molecular complexity index is 531. The second-order valence-corrected chi connectivity index (χ2v) is 10.2. The van der Waals surface area contributed by atoms with Crippen LogP contribution < -0.4 is 10.6 Å². The fourth-order valence-corrected chi connectivity index (χ4v) is 5.69. The Kier molecular flexibility index (Phi) is 11.1. The Balaban J connectivity index is 0.00000338. The zero-order valence-electron chi connectivity index (χ0n) is 16.1. The van der Waals surface area contributed by atoms with Crippen molar-refractivity contribution in [1.29, 1.82) is 0 Å². The van der Waals surface area contributed by atoms with E-state index in [1.807, 2.05) is 11.8 Å². The smallest absolute Gasteiger partial charge is 0.215 e. The average molecular weight is 520 g/mol. The summed E-state index contributed by atoms with van der Waals surface area (Å²) < 4.78 is 26.3. The van der Waals surface area contributed by atoms with Crippen LogP contribution in [0, 0.1) is 0 Å². The Morgan fingerprint density at radius 3 is 2.35 bits per heavy atom. The summed E-state index contributed by atoms with van der Waals surface area (Å²) in [5.74, 6) is 2.60. The number of piperidine rings is 1. The quantitative estimate of drug-likeness (QED) is 0.310. The largest absolute Gasteiger partial charge is 0.355 e. The molecule has 2 fully saturated rings. The third-order valence-electron chi connectivity index (χ3n) is 4.84. The highest BCUT2D eigenvalue weighted by Crippen LogP contribution is 2.14. The molecule has 0 amide bonds. The summed E-state index contributed by atoms with van der Waals surface area (Å²) in [5.41, 5.74) is 0. The van der Waals surface area contributed by atoms with E-state index < -0.39 is 10.0 Å².